The van der Waals surface area contributed by atoms with Crippen molar-refractivity contribution in [3.8, 4) is 0 Å². The van der Waals surface area contributed by atoms with Crippen LogP contribution in [-0.2, 0) is 0 Å². The molecular formula is C19H26N2. The van der Waals surface area contributed by atoms with Gasteiger partial charge in [0.1, 0.15) is 0 Å². The lowest BCUT2D eigenvalue weighted by Gasteiger charge is -2.35. The van der Waals surface area contributed by atoms with Gasteiger partial charge in [-0.3, -0.25) is 0 Å². The summed E-state index contributed by atoms with van der Waals surface area (Å²) in [5.41, 5.74) is 12.5. The van der Waals surface area contributed by atoms with Crippen LogP contribution in [0.15, 0.2) is 42.5 Å². The van der Waals surface area contributed by atoms with E-state index in [9.17, 15) is 0 Å². The molecule has 0 heterocycles. The zero-order valence-electron chi connectivity index (χ0n) is 13.7. The Morgan fingerprint density at radius 3 is 2.00 bits per heavy atom. The van der Waals surface area contributed by atoms with Crippen molar-refractivity contribution in [2.24, 2.45) is 5.73 Å². The Hall–Kier alpha value is -1.80. The average Bonchev–Trinajstić information content (AvgIpc) is 2.38. The Morgan fingerprint density at radius 1 is 0.952 bits per heavy atom. The summed E-state index contributed by atoms with van der Waals surface area (Å²) >= 11 is 0. The molecule has 112 valence electrons. The van der Waals surface area contributed by atoms with Crippen LogP contribution < -0.4 is 11.1 Å². The Bertz CT molecular complexity index is 592. The number of benzene rings is 2. The number of anilines is 1. The highest BCUT2D eigenvalue weighted by Crippen LogP contribution is 2.31. The van der Waals surface area contributed by atoms with Crippen LogP contribution in [0.25, 0.3) is 0 Å². The molecule has 0 amide bonds. The van der Waals surface area contributed by atoms with Gasteiger partial charge in [0, 0.05) is 5.69 Å². The van der Waals surface area contributed by atoms with E-state index in [2.05, 4.69) is 64.2 Å². The molecule has 2 aromatic carbocycles. The van der Waals surface area contributed by atoms with Gasteiger partial charge >= 0.3 is 0 Å². The van der Waals surface area contributed by atoms with E-state index in [1.165, 1.54) is 22.3 Å². The Morgan fingerprint density at radius 2 is 1.48 bits per heavy atom. The molecule has 0 radical (unpaired) electrons. The van der Waals surface area contributed by atoms with Crippen molar-refractivity contribution >= 4 is 5.69 Å². The second kappa shape index (κ2) is 5.90. The van der Waals surface area contributed by atoms with Crippen LogP contribution in [-0.4, -0.2) is 5.54 Å². The van der Waals surface area contributed by atoms with Gasteiger partial charge in [0.25, 0.3) is 0 Å². The van der Waals surface area contributed by atoms with Crippen molar-refractivity contribution in [1.29, 1.82) is 0 Å². The molecule has 0 aliphatic carbocycles. The molecule has 2 rings (SSSR count). The first kappa shape index (κ1) is 15.6. The standard InChI is InChI=1S/C19H26N2/c1-13-11-14(2)17(15(3)12-13)18(20)19(4,5)21-16-9-7-6-8-10-16/h6-12,18,21H,20H2,1-5H3. The van der Waals surface area contributed by atoms with Gasteiger partial charge in [0.05, 0.1) is 11.6 Å². The maximum Gasteiger partial charge on any atom is 0.0528 e. The number of rotatable bonds is 4. The van der Waals surface area contributed by atoms with Crippen molar-refractivity contribution in [2.45, 2.75) is 46.2 Å². The fourth-order valence-electron chi connectivity index (χ4n) is 3.01. The van der Waals surface area contributed by atoms with Gasteiger partial charge in [-0.05, 0) is 63.4 Å². The number of para-hydroxylation sites is 1. The summed E-state index contributed by atoms with van der Waals surface area (Å²) in [5, 5.41) is 3.56. The molecule has 0 aromatic heterocycles. The molecule has 3 N–H and O–H groups in total. The number of hydrogen-bond donors (Lipinski definition) is 2. The number of nitrogens with two attached hydrogens (primary N) is 1. The molecule has 0 aliphatic rings. The quantitative estimate of drug-likeness (QED) is 0.866. The number of nitrogens with one attached hydrogen (secondary N) is 1. The summed E-state index contributed by atoms with van der Waals surface area (Å²) in [6.07, 6.45) is 0. The molecule has 0 spiro atoms. The lowest BCUT2D eigenvalue weighted by molar-refractivity contribution is 0.454. The van der Waals surface area contributed by atoms with Gasteiger partial charge in [0.15, 0.2) is 0 Å². The van der Waals surface area contributed by atoms with Crippen LogP contribution in [0, 0.1) is 20.8 Å². The molecule has 2 nitrogen and oxygen atoms in total. The minimum atomic E-state index is -0.230. The zero-order valence-corrected chi connectivity index (χ0v) is 13.7. The van der Waals surface area contributed by atoms with Crippen LogP contribution in [0.4, 0.5) is 5.69 Å². The Balaban J connectivity index is 2.32. The van der Waals surface area contributed by atoms with Gasteiger partial charge < -0.3 is 11.1 Å². The van der Waals surface area contributed by atoms with E-state index >= 15 is 0 Å². The van der Waals surface area contributed by atoms with E-state index in [1.807, 2.05) is 18.2 Å². The van der Waals surface area contributed by atoms with Crippen molar-refractivity contribution in [3.63, 3.8) is 0 Å². The number of hydrogen-bond acceptors (Lipinski definition) is 2. The summed E-state index contributed by atoms with van der Waals surface area (Å²) in [6, 6.07) is 14.6. The topological polar surface area (TPSA) is 38.0 Å². The van der Waals surface area contributed by atoms with E-state index in [0.29, 0.717) is 0 Å². The molecule has 0 saturated carbocycles. The van der Waals surface area contributed by atoms with Gasteiger partial charge in [0.2, 0.25) is 0 Å². The van der Waals surface area contributed by atoms with E-state index in [4.69, 9.17) is 5.73 Å². The average molecular weight is 282 g/mol. The molecule has 1 unspecified atom stereocenters. The monoisotopic (exact) mass is 282 g/mol. The van der Waals surface area contributed by atoms with Crippen LogP contribution in [0.3, 0.4) is 0 Å². The highest BCUT2D eigenvalue weighted by Gasteiger charge is 2.29. The summed E-state index contributed by atoms with van der Waals surface area (Å²) in [6.45, 7) is 10.7. The predicted molar refractivity (Wildman–Crippen MR) is 91.7 cm³/mol. The molecule has 2 aromatic rings. The highest BCUT2D eigenvalue weighted by molar-refractivity contribution is 5.48. The summed E-state index contributed by atoms with van der Waals surface area (Å²) < 4.78 is 0. The van der Waals surface area contributed by atoms with Crippen molar-refractivity contribution in [2.75, 3.05) is 5.32 Å². The van der Waals surface area contributed by atoms with Crippen LogP contribution >= 0.6 is 0 Å². The van der Waals surface area contributed by atoms with E-state index in [1.54, 1.807) is 0 Å². The van der Waals surface area contributed by atoms with Gasteiger partial charge in [-0.2, -0.15) is 0 Å². The minimum Gasteiger partial charge on any atom is -0.378 e. The smallest absolute Gasteiger partial charge is 0.0528 e. The van der Waals surface area contributed by atoms with Gasteiger partial charge in [-0.25, -0.2) is 0 Å². The molecule has 21 heavy (non-hydrogen) atoms. The fourth-order valence-corrected chi connectivity index (χ4v) is 3.01. The number of aryl methyl sites for hydroxylation is 3. The molecule has 0 saturated heterocycles. The van der Waals surface area contributed by atoms with Crippen molar-refractivity contribution in [1.82, 2.24) is 0 Å². The molecule has 0 bridgehead atoms. The summed E-state index contributed by atoms with van der Waals surface area (Å²) in [7, 11) is 0. The van der Waals surface area contributed by atoms with Crippen LogP contribution in [0.1, 0.15) is 42.1 Å². The predicted octanol–water partition coefficient (Wildman–Crippen LogP) is 4.50. The maximum absolute atomic E-state index is 6.61. The molecule has 1 atom stereocenters. The van der Waals surface area contributed by atoms with Gasteiger partial charge in [-0.1, -0.05) is 35.9 Å². The SMILES string of the molecule is Cc1cc(C)c(C(N)C(C)(C)Nc2ccccc2)c(C)c1. The third-order valence-electron chi connectivity index (χ3n) is 4.07. The maximum atomic E-state index is 6.61. The Labute approximate surface area is 128 Å². The third kappa shape index (κ3) is 3.45. The lowest BCUT2D eigenvalue weighted by atomic mass is 9.84. The van der Waals surface area contributed by atoms with E-state index in [0.717, 1.165) is 5.69 Å². The lowest BCUT2D eigenvalue weighted by Crippen LogP contribution is -2.43. The Kier molecular flexibility index (Phi) is 4.38. The van der Waals surface area contributed by atoms with E-state index < -0.39 is 0 Å². The van der Waals surface area contributed by atoms with Crippen molar-refractivity contribution < 1.29 is 0 Å². The van der Waals surface area contributed by atoms with Crippen LogP contribution in [0.5, 0.6) is 0 Å². The first-order valence-corrected chi connectivity index (χ1v) is 7.48. The molecule has 0 aliphatic heterocycles. The third-order valence-corrected chi connectivity index (χ3v) is 4.07. The van der Waals surface area contributed by atoms with E-state index in [-0.39, 0.29) is 11.6 Å². The summed E-state index contributed by atoms with van der Waals surface area (Å²) in [5.74, 6) is 0. The zero-order chi connectivity index (χ0) is 15.6. The summed E-state index contributed by atoms with van der Waals surface area (Å²) in [4.78, 5) is 0. The molecule has 0 fully saturated rings. The molecular weight excluding hydrogens is 256 g/mol. The first-order chi connectivity index (χ1) is 9.81. The van der Waals surface area contributed by atoms with Gasteiger partial charge in [-0.15, -0.1) is 0 Å². The largest absolute Gasteiger partial charge is 0.378 e. The fraction of sp³-hybridized carbons (Fsp3) is 0.368. The van der Waals surface area contributed by atoms with Crippen molar-refractivity contribution in [3.05, 3.63) is 64.7 Å². The first-order valence-electron chi connectivity index (χ1n) is 7.48. The molecule has 2 heteroatoms. The second-order valence-corrected chi connectivity index (χ2v) is 6.50. The van der Waals surface area contributed by atoms with Crippen LogP contribution in [0.2, 0.25) is 0 Å². The second-order valence-electron chi connectivity index (χ2n) is 6.50. The highest BCUT2D eigenvalue weighted by atomic mass is 15.0. The normalized spacial score (nSPS) is 13.0. The minimum absolute atomic E-state index is 0.0710.